The van der Waals surface area contributed by atoms with E-state index in [1.807, 2.05) is 12.1 Å². The number of aromatic nitrogens is 2. The van der Waals surface area contributed by atoms with Crippen LogP contribution in [0.15, 0.2) is 41.9 Å². The molecule has 2 heterocycles. The molecule has 2 aliphatic rings. The van der Waals surface area contributed by atoms with Crippen LogP contribution in [-0.2, 0) is 4.79 Å². The summed E-state index contributed by atoms with van der Waals surface area (Å²) in [4.78, 5) is 22.5. The van der Waals surface area contributed by atoms with Crippen molar-refractivity contribution in [3.05, 3.63) is 41.9 Å². The second-order valence-corrected chi connectivity index (χ2v) is 7.04. The van der Waals surface area contributed by atoms with Crippen LogP contribution < -0.4 is 4.90 Å². The number of carbonyl (C=O) groups excluding carboxylic acids is 1. The van der Waals surface area contributed by atoms with Crippen molar-refractivity contribution >= 4 is 26.7 Å². The van der Waals surface area contributed by atoms with Crippen molar-refractivity contribution in [3.8, 4) is 6.07 Å². The van der Waals surface area contributed by atoms with Crippen molar-refractivity contribution in [1.82, 2.24) is 9.97 Å². The Labute approximate surface area is 136 Å². The molecule has 1 aromatic heterocycles. The fraction of sp³-hybridized carbons (Fsp3) is 0.312. The average molecular weight is 325 g/mol. The van der Waals surface area contributed by atoms with E-state index < -0.39 is 10.6 Å². The van der Waals surface area contributed by atoms with Gasteiger partial charge in [0.15, 0.2) is 11.6 Å². The van der Waals surface area contributed by atoms with Gasteiger partial charge in [0.25, 0.3) is 0 Å². The summed E-state index contributed by atoms with van der Waals surface area (Å²) >= 11 is 0. The van der Waals surface area contributed by atoms with Crippen molar-refractivity contribution in [2.45, 2.75) is 19.0 Å². The highest BCUT2D eigenvalue weighted by Gasteiger charge is 2.52. The lowest BCUT2D eigenvalue weighted by Crippen LogP contribution is -2.55. The molecule has 1 aliphatic heterocycles. The Hall–Kier alpha value is -2.38. The molecule has 7 heteroatoms. The predicted octanol–water partition coefficient (Wildman–Crippen LogP) is 1.87. The summed E-state index contributed by atoms with van der Waals surface area (Å²) in [6.07, 6.45) is 8.26. The Morgan fingerprint density at radius 2 is 2.17 bits per heavy atom. The predicted molar refractivity (Wildman–Crippen MR) is 90.1 cm³/mol. The second kappa shape index (κ2) is 5.07. The largest absolute Gasteiger partial charge is 0.309 e. The number of Topliss-reactive ketones (excluding diaryl/α,β-unsaturated/α-hetero) is 1. The third kappa shape index (κ3) is 2.12. The first-order valence-corrected chi connectivity index (χ1v) is 7.70. The number of amidine groups is 1. The van der Waals surface area contributed by atoms with Gasteiger partial charge in [-0.15, -0.1) is 9.24 Å². The summed E-state index contributed by atoms with van der Waals surface area (Å²) in [6.45, 7) is 4.04. The summed E-state index contributed by atoms with van der Waals surface area (Å²) in [5, 5.41) is 17.0. The molecule has 0 spiro atoms. The van der Waals surface area contributed by atoms with Crippen molar-refractivity contribution in [2.75, 3.05) is 11.4 Å². The number of allylic oxidation sites excluding steroid dienone is 1. The quantitative estimate of drug-likeness (QED) is 0.628. The lowest BCUT2D eigenvalue weighted by atomic mass is 9.65. The van der Waals surface area contributed by atoms with Crippen LogP contribution in [0.3, 0.4) is 0 Å². The van der Waals surface area contributed by atoms with Gasteiger partial charge in [-0.05, 0) is 25.5 Å². The molecule has 0 fully saturated rings. The lowest BCUT2D eigenvalue weighted by Gasteiger charge is -2.47. The van der Waals surface area contributed by atoms with E-state index in [9.17, 15) is 10.1 Å². The zero-order valence-electron chi connectivity index (χ0n) is 12.9. The Bertz CT molecular complexity index is 806. The molecule has 116 valence electrons. The first-order chi connectivity index (χ1) is 10.8. The summed E-state index contributed by atoms with van der Waals surface area (Å²) < 4.78 is 0. The number of hydrogen-bond acceptors (Lipinski definition) is 5. The lowest BCUT2D eigenvalue weighted by molar-refractivity contribution is -0.121. The van der Waals surface area contributed by atoms with Crippen LogP contribution in [0.1, 0.15) is 13.8 Å². The zero-order chi connectivity index (χ0) is 16.8. The molecule has 0 saturated carbocycles. The molecule has 0 bridgehead atoms. The number of rotatable bonds is 1. The van der Waals surface area contributed by atoms with E-state index in [4.69, 9.17) is 5.41 Å². The molecule has 1 N–H and O–H groups in total. The minimum Gasteiger partial charge on any atom is -0.309 e. The van der Waals surface area contributed by atoms with E-state index in [0.29, 0.717) is 12.4 Å². The van der Waals surface area contributed by atoms with Crippen molar-refractivity contribution in [2.24, 2.45) is 5.41 Å². The van der Waals surface area contributed by atoms with Crippen LogP contribution in [0.5, 0.6) is 0 Å². The molecule has 1 unspecified atom stereocenters. The number of nitrogens with one attached hydrogen (secondary N) is 1. The molecule has 23 heavy (non-hydrogen) atoms. The highest BCUT2D eigenvalue weighted by Crippen LogP contribution is 2.50. The first kappa shape index (κ1) is 15.5. The number of hydrogen-bond donors (Lipinski definition) is 1. The first-order valence-electron chi connectivity index (χ1n) is 7.12. The number of anilines is 1. The molecular weight excluding hydrogens is 309 g/mol. The molecule has 6 nitrogen and oxygen atoms in total. The second-order valence-electron chi connectivity index (χ2n) is 6.13. The standard InChI is InChI=1S/C16H16N5OP/c1-15(2)11-3-6-21(12-9-19-4-5-20-12)14(18)16(11,23)7-10(8-17)13(15)22/h3-5,7,9,18H,6,23H2,1-2H3/t16-/m0/s1. The highest BCUT2D eigenvalue weighted by atomic mass is 31.0. The SMILES string of the molecule is CC1(C)C(=O)C(C#N)=C[C@@]2(P)C(=N)N(c3cnccn3)CC=C12. The van der Waals surface area contributed by atoms with Crippen LogP contribution in [-0.4, -0.2) is 33.3 Å². The Kier molecular flexibility index (Phi) is 3.42. The van der Waals surface area contributed by atoms with Gasteiger partial charge in [0.2, 0.25) is 0 Å². The van der Waals surface area contributed by atoms with Crippen molar-refractivity contribution < 1.29 is 4.79 Å². The normalized spacial score (nSPS) is 26.1. The summed E-state index contributed by atoms with van der Waals surface area (Å²) in [5.74, 6) is 0.621. The Balaban J connectivity index is 2.17. The maximum atomic E-state index is 12.5. The van der Waals surface area contributed by atoms with Crippen LogP contribution in [0.25, 0.3) is 0 Å². The fourth-order valence-corrected chi connectivity index (χ4v) is 3.99. The van der Waals surface area contributed by atoms with Gasteiger partial charge < -0.3 is 4.90 Å². The van der Waals surface area contributed by atoms with E-state index in [1.54, 1.807) is 43.4 Å². The summed E-state index contributed by atoms with van der Waals surface area (Å²) in [5.41, 5.74) is 0.0968. The molecule has 2 atom stereocenters. The number of carbonyl (C=O) groups is 1. The molecule has 0 amide bonds. The molecule has 0 aromatic carbocycles. The van der Waals surface area contributed by atoms with Crippen LogP contribution in [0.2, 0.25) is 0 Å². The molecule has 3 rings (SSSR count). The number of nitrogens with zero attached hydrogens (tertiary/aromatic N) is 4. The smallest absolute Gasteiger partial charge is 0.182 e. The van der Waals surface area contributed by atoms with Gasteiger partial charge in [0.1, 0.15) is 11.9 Å². The maximum Gasteiger partial charge on any atom is 0.182 e. The zero-order valence-corrected chi connectivity index (χ0v) is 14.0. The van der Waals surface area contributed by atoms with E-state index in [2.05, 4.69) is 19.2 Å². The third-order valence-electron chi connectivity index (χ3n) is 4.39. The van der Waals surface area contributed by atoms with Crippen molar-refractivity contribution in [1.29, 1.82) is 10.7 Å². The molecule has 1 aliphatic carbocycles. The monoisotopic (exact) mass is 325 g/mol. The van der Waals surface area contributed by atoms with Gasteiger partial charge in [-0.25, -0.2) is 4.98 Å². The number of fused-ring (bicyclic) bond motifs is 1. The summed E-state index contributed by atoms with van der Waals surface area (Å²) in [6, 6.07) is 1.97. The maximum absolute atomic E-state index is 12.5. The van der Waals surface area contributed by atoms with Gasteiger partial charge in [-0.2, -0.15) is 5.26 Å². The minimum absolute atomic E-state index is 0.0906. The molecule has 0 saturated heterocycles. The van der Waals surface area contributed by atoms with Crippen LogP contribution >= 0.6 is 9.24 Å². The van der Waals surface area contributed by atoms with Crippen LogP contribution in [0.4, 0.5) is 5.82 Å². The van der Waals surface area contributed by atoms with E-state index >= 15 is 0 Å². The number of nitriles is 1. The molecule has 1 aromatic rings. The van der Waals surface area contributed by atoms with Crippen molar-refractivity contribution in [3.63, 3.8) is 0 Å². The molecule has 0 radical (unpaired) electrons. The van der Waals surface area contributed by atoms with Gasteiger partial charge in [0.05, 0.1) is 22.3 Å². The minimum atomic E-state index is -0.891. The average Bonchev–Trinajstić information content (AvgIpc) is 2.54. The third-order valence-corrected chi connectivity index (χ3v) is 5.14. The Morgan fingerprint density at radius 3 is 2.78 bits per heavy atom. The van der Waals surface area contributed by atoms with E-state index in [1.165, 1.54) is 0 Å². The Morgan fingerprint density at radius 1 is 1.43 bits per heavy atom. The molecular formula is C16H16N5OP. The van der Waals surface area contributed by atoms with Gasteiger partial charge in [0, 0.05) is 18.9 Å². The van der Waals surface area contributed by atoms with Gasteiger partial charge >= 0.3 is 0 Å². The van der Waals surface area contributed by atoms with Gasteiger partial charge in [-0.3, -0.25) is 15.2 Å². The fourth-order valence-electron chi connectivity index (χ4n) is 3.19. The van der Waals surface area contributed by atoms with E-state index in [-0.39, 0.29) is 17.2 Å². The van der Waals surface area contributed by atoms with E-state index in [0.717, 1.165) is 5.57 Å². The summed E-state index contributed by atoms with van der Waals surface area (Å²) in [7, 11) is 2.64. The highest BCUT2D eigenvalue weighted by molar-refractivity contribution is 7.22. The topological polar surface area (TPSA) is 93.7 Å². The van der Waals surface area contributed by atoms with Crippen LogP contribution in [0, 0.1) is 22.2 Å². The number of ketones is 1. The van der Waals surface area contributed by atoms with Gasteiger partial charge in [-0.1, -0.05) is 6.08 Å².